The van der Waals surface area contributed by atoms with Gasteiger partial charge in [0.1, 0.15) is 0 Å². The first-order valence-electron chi connectivity index (χ1n) is 12.2. The van der Waals surface area contributed by atoms with Crippen LogP contribution in [0.1, 0.15) is 71.6 Å². The predicted octanol–water partition coefficient (Wildman–Crippen LogP) is 2.31. The molecule has 4 rings (SSSR count). The van der Waals surface area contributed by atoms with Crippen molar-refractivity contribution in [3.63, 3.8) is 0 Å². The van der Waals surface area contributed by atoms with Gasteiger partial charge in [0.25, 0.3) is 0 Å². The van der Waals surface area contributed by atoms with Crippen molar-refractivity contribution >= 4 is 5.91 Å². The monoisotopic (exact) mass is 405 g/mol. The third-order valence-corrected chi connectivity index (χ3v) is 8.39. The SMILES string of the molecule is CC1CC(C)N2NCC(C(=O)NC3CCC(C4CCC(N(C)C)CC4)CC3)C2N1. The Kier molecular flexibility index (Phi) is 6.84. The third kappa shape index (κ3) is 4.81. The van der Waals surface area contributed by atoms with Crippen LogP contribution in [-0.2, 0) is 4.79 Å². The van der Waals surface area contributed by atoms with E-state index in [1.807, 2.05) is 0 Å². The lowest BCUT2D eigenvalue weighted by molar-refractivity contribution is -0.127. The summed E-state index contributed by atoms with van der Waals surface area (Å²) in [7, 11) is 4.45. The Morgan fingerprint density at radius 2 is 1.59 bits per heavy atom. The van der Waals surface area contributed by atoms with Gasteiger partial charge >= 0.3 is 0 Å². The molecule has 3 N–H and O–H groups in total. The third-order valence-electron chi connectivity index (χ3n) is 8.39. The van der Waals surface area contributed by atoms with Crippen molar-refractivity contribution in [2.24, 2.45) is 17.8 Å². The summed E-state index contributed by atoms with van der Waals surface area (Å²) in [6.07, 6.45) is 11.7. The highest BCUT2D eigenvalue weighted by molar-refractivity contribution is 5.80. The average molecular weight is 406 g/mol. The number of carbonyl (C=O) groups excluding carboxylic acids is 1. The Labute approximate surface area is 177 Å². The zero-order chi connectivity index (χ0) is 20.5. The summed E-state index contributed by atoms with van der Waals surface area (Å²) < 4.78 is 0. The van der Waals surface area contributed by atoms with Gasteiger partial charge < -0.3 is 10.2 Å². The molecule has 6 heteroatoms. The largest absolute Gasteiger partial charge is 0.353 e. The number of carbonyl (C=O) groups is 1. The molecule has 2 heterocycles. The number of fused-ring (bicyclic) bond motifs is 1. The van der Waals surface area contributed by atoms with Crippen LogP contribution >= 0.6 is 0 Å². The van der Waals surface area contributed by atoms with Crippen LogP contribution in [0, 0.1) is 17.8 Å². The van der Waals surface area contributed by atoms with E-state index in [4.69, 9.17) is 0 Å². The van der Waals surface area contributed by atoms with Gasteiger partial charge in [0.05, 0.1) is 12.1 Å². The van der Waals surface area contributed by atoms with Crippen LogP contribution in [0.5, 0.6) is 0 Å². The Balaban J connectivity index is 1.22. The maximum absolute atomic E-state index is 13.0. The van der Waals surface area contributed by atoms with Gasteiger partial charge in [-0.25, -0.2) is 5.01 Å². The minimum atomic E-state index is 0.0132. The van der Waals surface area contributed by atoms with Crippen LogP contribution < -0.4 is 16.1 Å². The molecule has 2 saturated carbocycles. The molecule has 2 aliphatic carbocycles. The summed E-state index contributed by atoms with van der Waals surface area (Å²) in [4.78, 5) is 15.4. The van der Waals surface area contributed by atoms with Gasteiger partial charge in [0.2, 0.25) is 5.91 Å². The van der Waals surface area contributed by atoms with Crippen molar-refractivity contribution in [3.8, 4) is 0 Å². The van der Waals surface area contributed by atoms with Crippen LogP contribution in [0.4, 0.5) is 0 Å². The van der Waals surface area contributed by atoms with Crippen LogP contribution in [0.2, 0.25) is 0 Å². The Bertz CT molecular complexity index is 553. The normalized spacial score (nSPS) is 43.9. The first-order chi connectivity index (χ1) is 13.9. The first kappa shape index (κ1) is 21.5. The lowest BCUT2D eigenvalue weighted by Crippen LogP contribution is -2.61. The minimum absolute atomic E-state index is 0.0132. The molecule has 6 nitrogen and oxygen atoms in total. The van der Waals surface area contributed by atoms with Crippen molar-refractivity contribution in [3.05, 3.63) is 0 Å². The number of amides is 1. The van der Waals surface area contributed by atoms with Crippen LogP contribution in [-0.4, -0.2) is 66.8 Å². The van der Waals surface area contributed by atoms with E-state index in [-0.39, 0.29) is 18.0 Å². The van der Waals surface area contributed by atoms with Gasteiger partial charge in [0, 0.05) is 30.7 Å². The lowest BCUT2D eigenvalue weighted by Gasteiger charge is -2.41. The number of hydrogen-bond donors (Lipinski definition) is 3. The zero-order valence-corrected chi connectivity index (χ0v) is 19.0. The van der Waals surface area contributed by atoms with Crippen LogP contribution in [0.25, 0.3) is 0 Å². The van der Waals surface area contributed by atoms with Gasteiger partial charge in [-0.3, -0.25) is 15.5 Å². The molecule has 4 atom stereocenters. The van der Waals surface area contributed by atoms with Crippen molar-refractivity contribution in [1.82, 2.24) is 26.0 Å². The average Bonchev–Trinajstić information content (AvgIpc) is 3.13. The molecule has 0 spiro atoms. The van der Waals surface area contributed by atoms with Crippen molar-refractivity contribution in [1.29, 1.82) is 0 Å². The second kappa shape index (κ2) is 9.21. The molecule has 4 fully saturated rings. The summed E-state index contributed by atoms with van der Waals surface area (Å²) in [5, 5.41) is 9.32. The standard InChI is InChI=1S/C23H43N5O/c1-15-13-16(2)28-22(25-15)21(14-24-28)23(29)26-19-9-5-17(6-10-19)18-7-11-20(12-8-18)27(3)4/h15-22,24-25H,5-14H2,1-4H3,(H,26,29). The van der Waals surface area contributed by atoms with E-state index in [1.54, 1.807) is 0 Å². The van der Waals surface area contributed by atoms with Crippen molar-refractivity contribution < 1.29 is 4.79 Å². The highest BCUT2D eigenvalue weighted by atomic mass is 16.2. The minimum Gasteiger partial charge on any atom is -0.353 e. The van der Waals surface area contributed by atoms with Crippen LogP contribution in [0.15, 0.2) is 0 Å². The maximum Gasteiger partial charge on any atom is 0.227 e. The van der Waals surface area contributed by atoms with E-state index < -0.39 is 0 Å². The zero-order valence-electron chi connectivity index (χ0n) is 19.0. The van der Waals surface area contributed by atoms with E-state index in [2.05, 4.69) is 53.9 Å². The Hall–Kier alpha value is -0.690. The molecule has 1 amide bonds. The fourth-order valence-electron chi connectivity index (χ4n) is 6.59. The number of hydrogen-bond acceptors (Lipinski definition) is 5. The molecule has 4 aliphatic rings. The maximum atomic E-state index is 13.0. The second-order valence-electron chi connectivity index (χ2n) is 10.6. The van der Waals surface area contributed by atoms with Crippen molar-refractivity contribution in [2.45, 2.75) is 102 Å². The second-order valence-corrected chi connectivity index (χ2v) is 10.6. The van der Waals surface area contributed by atoms with E-state index in [0.717, 1.165) is 30.8 Å². The number of rotatable bonds is 4. The fraction of sp³-hybridized carbons (Fsp3) is 0.957. The van der Waals surface area contributed by atoms with E-state index in [9.17, 15) is 4.79 Å². The summed E-state index contributed by atoms with van der Waals surface area (Å²) in [5.41, 5.74) is 3.47. The molecule has 29 heavy (non-hydrogen) atoms. The van der Waals surface area contributed by atoms with Gasteiger partial charge in [0.15, 0.2) is 0 Å². The fourth-order valence-corrected chi connectivity index (χ4v) is 6.59. The lowest BCUT2D eigenvalue weighted by atomic mass is 9.71. The molecule has 166 valence electrons. The van der Waals surface area contributed by atoms with Crippen LogP contribution in [0.3, 0.4) is 0 Å². The quantitative estimate of drug-likeness (QED) is 0.670. The molecule has 2 saturated heterocycles. The molecule has 0 aromatic heterocycles. The molecule has 0 aromatic carbocycles. The first-order valence-corrected chi connectivity index (χ1v) is 12.2. The molecular formula is C23H43N5O. The molecule has 0 bridgehead atoms. The van der Waals surface area contributed by atoms with E-state index in [1.165, 1.54) is 51.4 Å². The number of nitrogens with zero attached hydrogens (tertiary/aromatic N) is 2. The Morgan fingerprint density at radius 1 is 0.966 bits per heavy atom. The summed E-state index contributed by atoms with van der Waals surface area (Å²) in [5.74, 6) is 2.06. The van der Waals surface area contributed by atoms with Gasteiger partial charge in [-0.1, -0.05) is 0 Å². The number of hydrazine groups is 1. The molecular weight excluding hydrogens is 362 g/mol. The summed E-state index contributed by atoms with van der Waals surface area (Å²) >= 11 is 0. The van der Waals surface area contributed by atoms with Gasteiger partial charge in [-0.15, -0.1) is 0 Å². The molecule has 2 aliphatic heterocycles. The molecule has 4 unspecified atom stereocenters. The van der Waals surface area contributed by atoms with E-state index in [0.29, 0.717) is 18.1 Å². The van der Waals surface area contributed by atoms with Crippen molar-refractivity contribution in [2.75, 3.05) is 20.6 Å². The molecule has 0 aromatic rings. The smallest absolute Gasteiger partial charge is 0.227 e. The summed E-state index contributed by atoms with van der Waals surface area (Å²) in [6.45, 7) is 5.24. The number of nitrogens with one attached hydrogen (secondary N) is 3. The molecule has 0 radical (unpaired) electrons. The van der Waals surface area contributed by atoms with Gasteiger partial charge in [-0.2, -0.15) is 0 Å². The predicted molar refractivity (Wildman–Crippen MR) is 117 cm³/mol. The highest BCUT2D eigenvalue weighted by Crippen LogP contribution is 2.39. The highest BCUT2D eigenvalue weighted by Gasteiger charge is 2.44. The topological polar surface area (TPSA) is 59.6 Å². The van der Waals surface area contributed by atoms with Gasteiger partial charge in [-0.05, 0) is 97.6 Å². The summed E-state index contributed by atoms with van der Waals surface area (Å²) in [6, 6.07) is 2.12. The Morgan fingerprint density at radius 3 is 2.21 bits per heavy atom. The van der Waals surface area contributed by atoms with E-state index >= 15 is 0 Å².